The van der Waals surface area contributed by atoms with Crippen LogP contribution in [0, 0.1) is 0 Å². The molecule has 1 amide bonds. The molecule has 0 aromatic carbocycles. The molecule has 0 aromatic heterocycles. The van der Waals surface area contributed by atoms with E-state index in [0.29, 0.717) is 0 Å². The first-order valence-electron chi connectivity index (χ1n) is 5.05. The number of carboxylic acids is 1. The summed E-state index contributed by atoms with van der Waals surface area (Å²) in [7, 11) is 0. The molecule has 1 atom stereocenters. The maximum Gasteiger partial charge on any atom is 0.407 e. The predicted octanol–water partition coefficient (Wildman–Crippen LogP) is 1.17. The Morgan fingerprint density at radius 3 is 2.24 bits per heavy atom. The molecule has 6 nitrogen and oxygen atoms in total. The molecule has 0 heterocycles. The molecule has 0 unspecified atom stereocenters. The minimum absolute atomic E-state index is 0.175. The summed E-state index contributed by atoms with van der Waals surface area (Å²) in [5.74, 6) is -1.08. The molecule has 0 aliphatic rings. The van der Waals surface area contributed by atoms with E-state index in [1.54, 1.807) is 20.8 Å². The Bertz CT molecular complexity index is 241. The van der Waals surface area contributed by atoms with E-state index in [-0.39, 0.29) is 13.0 Å². The Labute approximate surface area is 106 Å². The molecule has 0 spiro atoms. The third-order valence-electron chi connectivity index (χ3n) is 1.44. The van der Waals surface area contributed by atoms with Gasteiger partial charge in [0.05, 0.1) is 0 Å². The topological polar surface area (TPSA) is 102 Å². The highest BCUT2D eigenvalue weighted by molar-refractivity contribution is 6.15. The fourth-order valence-corrected chi connectivity index (χ4v) is 0.767. The zero-order valence-corrected chi connectivity index (χ0v) is 11.4. The first-order chi connectivity index (χ1) is 7.72. The van der Waals surface area contributed by atoms with Crippen molar-refractivity contribution in [3.05, 3.63) is 0 Å². The first-order valence-corrected chi connectivity index (χ1v) is 5.81. The number of alkyl halides is 1. The number of carboxylic acid groups (broad SMARTS) is 1. The SMILES string of the molecule is CC(C)(C)OC(=O)NCC[C@H](N)C(=O)O.CCl. The van der Waals surface area contributed by atoms with Gasteiger partial charge < -0.3 is 20.9 Å². The van der Waals surface area contributed by atoms with E-state index in [0.717, 1.165) is 0 Å². The molecule has 0 fully saturated rings. The summed E-state index contributed by atoms with van der Waals surface area (Å²) in [6, 6.07) is -0.958. The van der Waals surface area contributed by atoms with Gasteiger partial charge in [-0.25, -0.2) is 4.79 Å². The number of ether oxygens (including phenoxy) is 1. The van der Waals surface area contributed by atoms with E-state index in [1.165, 1.54) is 6.38 Å². The molecular formula is C10H21ClN2O4. The van der Waals surface area contributed by atoms with E-state index in [1.807, 2.05) is 0 Å². The summed E-state index contributed by atoms with van der Waals surface area (Å²) in [6.45, 7) is 5.42. The summed E-state index contributed by atoms with van der Waals surface area (Å²) in [5.41, 5.74) is 4.68. The van der Waals surface area contributed by atoms with Crippen molar-refractivity contribution in [3.63, 3.8) is 0 Å². The molecule has 0 aliphatic carbocycles. The Balaban J connectivity index is 0. The van der Waals surface area contributed by atoms with Gasteiger partial charge in [0, 0.05) is 12.9 Å². The van der Waals surface area contributed by atoms with Crippen LogP contribution in [0.5, 0.6) is 0 Å². The second-order valence-corrected chi connectivity index (χ2v) is 4.16. The largest absolute Gasteiger partial charge is 0.480 e. The second-order valence-electron chi connectivity index (χ2n) is 4.16. The lowest BCUT2D eigenvalue weighted by Gasteiger charge is -2.19. The first kappa shape index (κ1) is 18.4. The van der Waals surface area contributed by atoms with E-state index in [4.69, 9.17) is 15.6 Å². The van der Waals surface area contributed by atoms with Gasteiger partial charge in [-0.15, -0.1) is 11.6 Å². The van der Waals surface area contributed by atoms with Crippen molar-refractivity contribution in [3.8, 4) is 0 Å². The number of carbonyl (C=O) groups is 2. The number of nitrogens with two attached hydrogens (primary N) is 1. The molecule has 0 bridgehead atoms. The van der Waals surface area contributed by atoms with Gasteiger partial charge in [0.1, 0.15) is 11.6 Å². The van der Waals surface area contributed by atoms with Crippen molar-refractivity contribution in [1.29, 1.82) is 0 Å². The molecule has 0 radical (unpaired) electrons. The fraction of sp³-hybridized carbons (Fsp3) is 0.800. The van der Waals surface area contributed by atoms with Crippen LogP contribution in [-0.2, 0) is 9.53 Å². The lowest BCUT2D eigenvalue weighted by atomic mass is 10.2. The van der Waals surface area contributed by atoms with E-state index in [2.05, 4.69) is 16.9 Å². The van der Waals surface area contributed by atoms with Crippen LogP contribution in [0.3, 0.4) is 0 Å². The highest BCUT2D eigenvalue weighted by Crippen LogP contribution is 2.06. The molecular weight excluding hydrogens is 248 g/mol. The highest BCUT2D eigenvalue weighted by Gasteiger charge is 2.16. The predicted molar refractivity (Wildman–Crippen MR) is 66.2 cm³/mol. The third-order valence-corrected chi connectivity index (χ3v) is 1.44. The van der Waals surface area contributed by atoms with Crippen LogP contribution in [0.1, 0.15) is 27.2 Å². The van der Waals surface area contributed by atoms with Crippen LogP contribution >= 0.6 is 11.6 Å². The minimum Gasteiger partial charge on any atom is -0.480 e. The van der Waals surface area contributed by atoms with Crippen molar-refractivity contribution in [2.75, 3.05) is 12.9 Å². The molecule has 4 N–H and O–H groups in total. The Morgan fingerprint density at radius 2 is 1.88 bits per heavy atom. The number of amides is 1. The summed E-state index contributed by atoms with van der Waals surface area (Å²) >= 11 is 4.64. The number of aliphatic carboxylic acids is 1. The fourth-order valence-electron chi connectivity index (χ4n) is 0.767. The normalized spacial score (nSPS) is 11.9. The Kier molecular flexibility index (Phi) is 9.79. The Morgan fingerprint density at radius 1 is 1.41 bits per heavy atom. The molecule has 0 saturated carbocycles. The third kappa shape index (κ3) is 12.9. The van der Waals surface area contributed by atoms with Crippen molar-refractivity contribution in [1.82, 2.24) is 5.32 Å². The molecule has 7 heteroatoms. The smallest absolute Gasteiger partial charge is 0.407 e. The number of rotatable bonds is 4. The summed E-state index contributed by atoms with van der Waals surface area (Å²) in [6.07, 6.45) is 1.08. The van der Waals surface area contributed by atoms with Crippen LogP contribution in [0.25, 0.3) is 0 Å². The average molecular weight is 269 g/mol. The van der Waals surface area contributed by atoms with E-state index < -0.39 is 23.7 Å². The lowest BCUT2D eigenvalue weighted by molar-refractivity contribution is -0.138. The number of hydrogen-bond acceptors (Lipinski definition) is 4. The molecule has 0 aliphatic heterocycles. The maximum atomic E-state index is 11.1. The summed E-state index contributed by atoms with van der Waals surface area (Å²) in [5, 5.41) is 10.9. The maximum absolute atomic E-state index is 11.1. The number of carbonyl (C=O) groups excluding carboxylic acids is 1. The van der Waals surface area contributed by atoms with Gasteiger partial charge in [0.25, 0.3) is 0 Å². The molecule has 0 rings (SSSR count). The zero-order chi connectivity index (χ0) is 14.1. The number of alkyl carbamates (subject to hydrolysis) is 1. The van der Waals surface area contributed by atoms with Crippen molar-refractivity contribution in [2.24, 2.45) is 5.73 Å². The number of halogens is 1. The standard InChI is InChI=1S/C9H18N2O4.CH3Cl/c1-9(2,3)15-8(14)11-5-4-6(10)7(12)13;1-2/h6H,4-5,10H2,1-3H3,(H,11,14)(H,12,13);1H3/t6-;/m0./s1. The van der Waals surface area contributed by atoms with Gasteiger partial charge in [-0.1, -0.05) is 0 Å². The van der Waals surface area contributed by atoms with Crippen molar-refractivity contribution < 1.29 is 19.4 Å². The summed E-state index contributed by atoms with van der Waals surface area (Å²) < 4.78 is 4.94. The van der Waals surface area contributed by atoms with Gasteiger partial charge in [-0.2, -0.15) is 0 Å². The van der Waals surface area contributed by atoms with Gasteiger partial charge in [-0.3, -0.25) is 4.79 Å². The van der Waals surface area contributed by atoms with Gasteiger partial charge in [-0.05, 0) is 27.2 Å². The monoisotopic (exact) mass is 268 g/mol. The van der Waals surface area contributed by atoms with Crippen molar-refractivity contribution >= 4 is 23.7 Å². The average Bonchev–Trinajstić information content (AvgIpc) is 2.17. The quantitative estimate of drug-likeness (QED) is 0.664. The molecule has 0 saturated heterocycles. The van der Waals surface area contributed by atoms with Gasteiger partial charge >= 0.3 is 12.1 Å². The van der Waals surface area contributed by atoms with Crippen LogP contribution in [-0.4, -0.2) is 41.7 Å². The lowest BCUT2D eigenvalue weighted by Crippen LogP contribution is -2.37. The van der Waals surface area contributed by atoms with Crippen molar-refractivity contribution in [2.45, 2.75) is 38.8 Å². The van der Waals surface area contributed by atoms with E-state index >= 15 is 0 Å². The minimum atomic E-state index is -1.08. The Hall–Kier alpha value is -1.01. The summed E-state index contributed by atoms with van der Waals surface area (Å²) in [4.78, 5) is 21.4. The van der Waals surface area contributed by atoms with Gasteiger partial charge in [0.15, 0.2) is 0 Å². The van der Waals surface area contributed by atoms with Crippen LogP contribution in [0.4, 0.5) is 4.79 Å². The molecule has 0 aromatic rings. The number of hydrogen-bond donors (Lipinski definition) is 3. The van der Waals surface area contributed by atoms with Crippen LogP contribution < -0.4 is 11.1 Å². The highest BCUT2D eigenvalue weighted by atomic mass is 35.5. The molecule has 102 valence electrons. The zero-order valence-electron chi connectivity index (χ0n) is 10.6. The second kappa shape index (κ2) is 9.07. The van der Waals surface area contributed by atoms with Crippen LogP contribution in [0.15, 0.2) is 0 Å². The van der Waals surface area contributed by atoms with Gasteiger partial charge in [0.2, 0.25) is 0 Å². The van der Waals surface area contributed by atoms with E-state index in [9.17, 15) is 9.59 Å². The number of nitrogens with one attached hydrogen (secondary N) is 1. The van der Waals surface area contributed by atoms with Crippen LogP contribution in [0.2, 0.25) is 0 Å². The molecule has 17 heavy (non-hydrogen) atoms.